The highest BCUT2D eigenvalue weighted by atomic mass is 16.7. The van der Waals surface area contributed by atoms with Crippen molar-refractivity contribution in [2.24, 2.45) is 5.92 Å². The molecule has 0 saturated carbocycles. The van der Waals surface area contributed by atoms with Crippen molar-refractivity contribution in [2.45, 2.75) is 38.4 Å². The van der Waals surface area contributed by atoms with Gasteiger partial charge < -0.3 is 14.8 Å². The van der Waals surface area contributed by atoms with E-state index in [9.17, 15) is 4.79 Å². The third kappa shape index (κ3) is 5.65. The van der Waals surface area contributed by atoms with Gasteiger partial charge in [-0.1, -0.05) is 67.6 Å². The van der Waals surface area contributed by atoms with Gasteiger partial charge in [-0.2, -0.15) is 0 Å². The molecule has 1 aliphatic rings. The standard InChI is InChI=1S/C23H29NO3/c1-18(16-23(2)26-13-14-27-23)17-24-22(25)15-21(19-9-5-3-6-10-19)20-11-7-4-8-12-20/h3-12,18,21H,13-17H2,1-2H3,(H,24,25). The Bertz CT molecular complexity index is 671. The van der Waals surface area contributed by atoms with Crippen LogP contribution in [0.3, 0.4) is 0 Å². The molecule has 0 bridgehead atoms. The van der Waals surface area contributed by atoms with E-state index in [2.05, 4.69) is 36.5 Å². The van der Waals surface area contributed by atoms with E-state index in [-0.39, 0.29) is 17.7 Å². The van der Waals surface area contributed by atoms with Gasteiger partial charge in [-0.15, -0.1) is 0 Å². The van der Waals surface area contributed by atoms with E-state index in [4.69, 9.17) is 9.47 Å². The Morgan fingerprint density at radius 1 is 1.00 bits per heavy atom. The molecular formula is C23H29NO3. The molecule has 0 spiro atoms. The molecule has 0 radical (unpaired) electrons. The predicted octanol–water partition coefficient (Wildman–Crippen LogP) is 4.11. The molecule has 4 heteroatoms. The largest absolute Gasteiger partial charge is 0.356 e. The molecule has 1 heterocycles. The van der Waals surface area contributed by atoms with Gasteiger partial charge in [0.25, 0.3) is 0 Å². The summed E-state index contributed by atoms with van der Waals surface area (Å²) in [5, 5.41) is 3.09. The monoisotopic (exact) mass is 367 g/mol. The lowest BCUT2D eigenvalue weighted by Crippen LogP contribution is -2.34. The summed E-state index contributed by atoms with van der Waals surface area (Å²) < 4.78 is 11.3. The lowest BCUT2D eigenvalue weighted by molar-refractivity contribution is -0.154. The molecule has 4 nitrogen and oxygen atoms in total. The number of hydrogen-bond donors (Lipinski definition) is 1. The van der Waals surface area contributed by atoms with Gasteiger partial charge in [-0.3, -0.25) is 4.79 Å². The fourth-order valence-corrected chi connectivity index (χ4v) is 3.72. The molecule has 1 N–H and O–H groups in total. The third-order valence-corrected chi connectivity index (χ3v) is 5.06. The van der Waals surface area contributed by atoms with Crippen molar-refractivity contribution in [3.63, 3.8) is 0 Å². The van der Waals surface area contributed by atoms with Crippen molar-refractivity contribution in [3.05, 3.63) is 71.8 Å². The maximum Gasteiger partial charge on any atom is 0.220 e. The van der Waals surface area contributed by atoms with Crippen LogP contribution in [0.5, 0.6) is 0 Å². The number of nitrogens with one attached hydrogen (secondary N) is 1. The number of amides is 1. The minimum atomic E-state index is -0.513. The second kappa shape index (κ2) is 9.16. The van der Waals surface area contributed by atoms with Gasteiger partial charge in [0.2, 0.25) is 5.91 Å². The summed E-state index contributed by atoms with van der Waals surface area (Å²) >= 11 is 0. The van der Waals surface area contributed by atoms with E-state index in [1.807, 2.05) is 43.3 Å². The quantitative estimate of drug-likeness (QED) is 0.764. The number of benzene rings is 2. The van der Waals surface area contributed by atoms with E-state index in [1.54, 1.807) is 0 Å². The number of rotatable bonds is 8. The zero-order chi connectivity index (χ0) is 19.1. The maximum atomic E-state index is 12.6. The highest BCUT2D eigenvalue weighted by molar-refractivity contribution is 5.77. The normalized spacial score (nSPS) is 17.0. The first-order chi connectivity index (χ1) is 13.1. The molecule has 2 aromatic carbocycles. The molecular weight excluding hydrogens is 338 g/mol. The predicted molar refractivity (Wildman–Crippen MR) is 106 cm³/mol. The summed E-state index contributed by atoms with van der Waals surface area (Å²) in [5.41, 5.74) is 2.32. The lowest BCUT2D eigenvalue weighted by Gasteiger charge is -2.26. The Balaban J connectivity index is 1.58. The van der Waals surface area contributed by atoms with Crippen LogP contribution in [-0.2, 0) is 14.3 Å². The average molecular weight is 367 g/mol. The van der Waals surface area contributed by atoms with Crippen molar-refractivity contribution in [1.29, 1.82) is 0 Å². The smallest absolute Gasteiger partial charge is 0.220 e. The summed E-state index contributed by atoms with van der Waals surface area (Å²) in [7, 11) is 0. The minimum Gasteiger partial charge on any atom is -0.356 e. The molecule has 0 aromatic heterocycles. The van der Waals surface area contributed by atoms with Crippen LogP contribution in [0.25, 0.3) is 0 Å². The number of ether oxygens (including phenoxy) is 2. The van der Waals surface area contributed by atoms with Crippen molar-refractivity contribution in [3.8, 4) is 0 Å². The second-order valence-corrected chi connectivity index (χ2v) is 7.52. The van der Waals surface area contributed by atoms with E-state index in [0.717, 1.165) is 17.5 Å². The van der Waals surface area contributed by atoms with E-state index >= 15 is 0 Å². The number of carbonyl (C=O) groups excluding carboxylic acids is 1. The SMILES string of the molecule is CC(CNC(=O)CC(c1ccccc1)c1ccccc1)CC1(C)OCCO1. The molecule has 144 valence electrons. The van der Waals surface area contributed by atoms with Crippen LogP contribution >= 0.6 is 0 Å². The zero-order valence-corrected chi connectivity index (χ0v) is 16.2. The average Bonchev–Trinajstić information content (AvgIpc) is 3.11. The summed E-state index contributed by atoms with van der Waals surface area (Å²) in [6, 6.07) is 20.4. The summed E-state index contributed by atoms with van der Waals surface area (Å²) in [4.78, 5) is 12.6. The third-order valence-electron chi connectivity index (χ3n) is 5.06. The lowest BCUT2D eigenvalue weighted by atomic mass is 9.88. The number of carbonyl (C=O) groups is 1. The van der Waals surface area contributed by atoms with Gasteiger partial charge in [-0.05, 0) is 24.0 Å². The first kappa shape index (κ1) is 19.6. The molecule has 1 unspecified atom stereocenters. The van der Waals surface area contributed by atoms with Crippen LogP contribution in [0.2, 0.25) is 0 Å². The summed E-state index contributed by atoms with van der Waals surface area (Å²) in [6.07, 6.45) is 1.21. The minimum absolute atomic E-state index is 0.0572. The van der Waals surface area contributed by atoms with Crippen molar-refractivity contribution >= 4 is 5.91 Å². The maximum absolute atomic E-state index is 12.6. The van der Waals surface area contributed by atoms with Gasteiger partial charge in [0.05, 0.1) is 13.2 Å². The molecule has 2 aromatic rings. The highest BCUT2D eigenvalue weighted by Gasteiger charge is 2.32. The topological polar surface area (TPSA) is 47.6 Å². The molecule has 27 heavy (non-hydrogen) atoms. The van der Waals surface area contributed by atoms with Crippen molar-refractivity contribution in [2.75, 3.05) is 19.8 Å². The van der Waals surface area contributed by atoms with Gasteiger partial charge in [0, 0.05) is 25.3 Å². The Morgan fingerprint density at radius 3 is 2.04 bits per heavy atom. The van der Waals surface area contributed by atoms with Gasteiger partial charge in [0.1, 0.15) is 0 Å². The van der Waals surface area contributed by atoms with E-state index in [1.165, 1.54) is 0 Å². The number of hydrogen-bond acceptors (Lipinski definition) is 3. The molecule has 1 amide bonds. The van der Waals surface area contributed by atoms with Crippen LogP contribution in [0, 0.1) is 5.92 Å². The van der Waals surface area contributed by atoms with E-state index in [0.29, 0.717) is 26.2 Å². The van der Waals surface area contributed by atoms with Crippen LogP contribution in [0.15, 0.2) is 60.7 Å². The fourth-order valence-electron chi connectivity index (χ4n) is 3.72. The van der Waals surface area contributed by atoms with Crippen LogP contribution in [0.4, 0.5) is 0 Å². The van der Waals surface area contributed by atoms with Crippen LogP contribution in [-0.4, -0.2) is 31.5 Å². The Morgan fingerprint density at radius 2 is 1.52 bits per heavy atom. The highest BCUT2D eigenvalue weighted by Crippen LogP contribution is 2.28. The van der Waals surface area contributed by atoms with Crippen LogP contribution in [0.1, 0.15) is 43.7 Å². The summed E-state index contributed by atoms with van der Waals surface area (Å²) in [6.45, 7) is 6.00. The molecule has 1 fully saturated rings. The Kier molecular flexibility index (Phi) is 6.64. The Hall–Kier alpha value is -2.17. The second-order valence-electron chi connectivity index (χ2n) is 7.52. The fraction of sp³-hybridized carbons (Fsp3) is 0.435. The van der Waals surface area contributed by atoms with Crippen LogP contribution < -0.4 is 5.32 Å². The first-order valence-electron chi connectivity index (χ1n) is 9.70. The van der Waals surface area contributed by atoms with Crippen molar-refractivity contribution in [1.82, 2.24) is 5.32 Å². The van der Waals surface area contributed by atoms with Gasteiger partial charge in [-0.25, -0.2) is 0 Å². The summed E-state index contributed by atoms with van der Waals surface area (Å²) in [5.74, 6) is -0.107. The van der Waals surface area contributed by atoms with Crippen molar-refractivity contribution < 1.29 is 14.3 Å². The Labute approximate surface area is 161 Å². The van der Waals surface area contributed by atoms with Gasteiger partial charge in [0.15, 0.2) is 5.79 Å². The van der Waals surface area contributed by atoms with E-state index < -0.39 is 5.79 Å². The zero-order valence-electron chi connectivity index (χ0n) is 16.2. The molecule has 3 rings (SSSR count). The molecule has 1 atom stereocenters. The first-order valence-corrected chi connectivity index (χ1v) is 9.70. The molecule has 0 aliphatic carbocycles. The van der Waals surface area contributed by atoms with Gasteiger partial charge >= 0.3 is 0 Å². The molecule has 1 aliphatic heterocycles. The molecule has 1 saturated heterocycles.